The molecule has 0 aromatic heterocycles. The quantitative estimate of drug-likeness (QED) is 0.328. The second-order valence-corrected chi connectivity index (χ2v) is 9.93. The Morgan fingerprint density at radius 2 is 1.88 bits per heavy atom. The van der Waals surface area contributed by atoms with E-state index in [2.05, 4.69) is 30.6 Å². The van der Waals surface area contributed by atoms with Crippen molar-refractivity contribution in [3.63, 3.8) is 0 Å². The number of likely N-dealkylation sites (tertiary alicyclic amines) is 1. The Morgan fingerprint density at radius 1 is 1.15 bits per heavy atom. The predicted molar refractivity (Wildman–Crippen MR) is 142 cm³/mol. The fourth-order valence-electron chi connectivity index (χ4n) is 4.82. The van der Waals surface area contributed by atoms with Crippen molar-refractivity contribution in [3.05, 3.63) is 58.4 Å². The number of aliphatic imine (C=N–C) groups is 1. The minimum absolute atomic E-state index is 0.171. The lowest BCUT2D eigenvalue weighted by atomic mass is 9.82. The predicted octanol–water partition coefficient (Wildman–Crippen LogP) is 2.91. The Labute approximate surface area is 237 Å². The zero-order valence-electron chi connectivity index (χ0n) is 21.6. The fraction of sp³-hybridized carbons (Fsp3) is 0.385. The Bertz CT molecular complexity index is 1350. The lowest BCUT2D eigenvalue weighted by molar-refractivity contribution is -0.274. The van der Waals surface area contributed by atoms with Crippen LogP contribution in [0.2, 0.25) is 5.02 Å². The van der Waals surface area contributed by atoms with E-state index in [-0.39, 0.29) is 22.7 Å². The number of nitrogens with zero attached hydrogens (tertiary/aromatic N) is 2. The molecule has 0 bridgehead atoms. The number of ether oxygens (including phenoxy) is 1. The molecule has 10 nitrogen and oxygen atoms in total. The summed E-state index contributed by atoms with van der Waals surface area (Å²) in [5.74, 6) is -4.32. The summed E-state index contributed by atoms with van der Waals surface area (Å²) in [7, 11) is 0. The van der Waals surface area contributed by atoms with Gasteiger partial charge in [-0.15, -0.1) is 13.2 Å². The minimum Gasteiger partial charge on any atom is -0.404 e. The van der Waals surface area contributed by atoms with E-state index < -0.39 is 52.9 Å². The van der Waals surface area contributed by atoms with Gasteiger partial charge in [0, 0.05) is 13.1 Å². The lowest BCUT2D eigenvalue weighted by Crippen LogP contribution is -2.60. The number of carbonyl (C=O) groups is 3. The Balaban J connectivity index is 1.61. The third-order valence-electron chi connectivity index (χ3n) is 6.83. The first-order chi connectivity index (χ1) is 19.4. The summed E-state index contributed by atoms with van der Waals surface area (Å²) < 4.78 is 57.6. The lowest BCUT2D eigenvalue weighted by Gasteiger charge is -2.32. The minimum atomic E-state index is -5.20. The van der Waals surface area contributed by atoms with Gasteiger partial charge >= 0.3 is 6.36 Å². The number of anilines is 1. The van der Waals surface area contributed by atoms with Crippen molar-refractivity contribution in [2.75, 3.05) is 31.5 Å². The molecule has 0 spiro atoms. The highest BCUT2D eigenvalue weighted by atomic mass is 35.5. The number of rotatable bonds is 9. The first-order valence-electron chi connectivity index (χ1n) is 12.7. The molecule has 3 amide bonds. The number of primary amides is 1. The smallest absolute Gasteiger partial charge is 0.404 e. The zero-order valence-corrected chi connectivity index (χ0v) is 22.3. The Hall–Kier alpha value is -3.91. The van der Waals surface area contributed by atoms with Crippen LogP contribution in [0, 0.1) is 5.82 Å². The molecule has 1 saturated heterocycles. The molecule has 2 heterocycles. The maximum Gasteiger partial charge on any atom is 0.573 e. The molecule has 220 valence electrons. The van der Waals surface area contributed by atoms with Crippen molar-refractivity contribution in [2.24, 2.45) is 10.7 Å². The fourth-order valence-corrected chi connectivity index (χ4v) is 5.07. The van der Waals surface area contributed by atoms with Gasteiger partial charge in [0.05, 0.1) is 22.6 Å². The van der Waals surface area contributed by atoms with Crippen LogP contribution < -0.4 is 26.4 Å². The molecule has 2 aromatic carbocycles. The molecule has 0 radical (unpaired) electrons. The average molecular weight is 599 g/mol. The molecule has 0 aliphatic carbocycles. The summed E-state index contributed by atoms with van der Waals surface area (Å²) >= 11 is 5.90. The number of hydrogen-bond acceptors (Lipinski definition) is 7. The number of nitrogens with one attached hydrogen (secondary N) is 3. The van der Waals surface area contributed by atoms with E-state index in [4.69, 9.17) is 17.3 Å². The van der Waals surface area contributed by atoms with Gasteiger partial charge in [-0.1, -0.05) is 24.1 Å². The van der Waals surface area contributed by atoms with Crippen molar-refractivity contribution >= 4 is 41.3 Å². The van der Waals surface area contributed by atoms with Crippen molar-refractivity contribution < 1.29 is 36.7 Å². The standard InChI is InChI=1S/C26H27ClF4N6O4/c27-18-13-16(28)5-6-17(18)22(38)36-19-7-4-15(12-20(19)41-26(29,30)31)25(24(32)40)21(34-14-35-25)23(39)33-8-11-37-9-2-1-3-10-37/h4-7,12-14,21H,1-3,8-11H2,(H2,32,40)(H,33,39)(H,34,35)(H,36,38). The molecule has 4 rings (SSSR count). The highest BCUT2D eigenvalue weighted by Crippen LogP contribution is 2.38. The number of benzene rings is 2. The second kappa shape index (κ2) is 12.3. The number of amides is 3. The largest absolute Gasteiger partial charge is 0.573 e. The molecule has 0 saturated carbocycles. The van der Waals surface area contributed by atoms with Crippen LogP contribution in [-0.2, 0) is 15.1 Å². The number of nitrogens with two attached hydrogens (primary N) is 1. The van der Waals surface area contributed by atoms with Gasteiger partial charge in [0.15, 0.2) is 17.3 Å². The van der Waals surface area contributed by atoms with E-state index in [1.165, 1.54) is 6.07 Å². The Kier molecular flexibility index (Phi) is 9.02. The second-order valence-electron chi connectivity index (χ2n) is 9.53. The van der Waals surface area contributed by atoms with Crippen molar-refractivity contribution in [3.8, 4) is 5.75 Å². The van der Waals surface area contributed by atoms with Crippen LogP contribution in [0.4, 0.5) is 23.2 Å². The molecule has 1 fully saturated rings. The molecular formula is C26H27ClF4N6O4. The molecule has 41 heavy (non-hydrogen) atoms. The summed E-state index contributed by atoms with van der Waals surface area (Å²) in [6.07, 6.45) is -0.849. The van der Waals surface area contributed by atoms with E-state index in [9.17, 15) is 31.9 Å². The first kappa shape index (κ1) is 30.1. The monoisotopic (exact) mass is 598 g/mol. The Morgan fingerprint density at radius 3 is 2.54 bits per heavy atom. The molecule has 2 aliphatic rings. The van der Waals surface area contributed by atoms with Crippen molar-refractivity contribution in [1.29, 1.82) is 0 Å². The summed E-state index contributed by atoms with van der Waals surface area (Å²) in [5.41, 5.74) is 2.81. The molecular weight excluding hydrogens is 572 g/mol. The topological polar surface area (TPSA) is 138 Å². The van der Waals surface area contributed by atoms with Gasteiger partial charge in [-0.2, -0.15) is 0 Å². The van der Waals surface area contributed by atoms with E-state index in [0.29, 0.717) is 6.54 Å². The first-order valence-corrected chi connectivity index (χ1v) is 13.0. The zero-order chi connectivity index (χ0) is 29.8. The number of alkyl halides is 3. The number of halogens is 5. The highest BCUT2D eigenvalue weighted by molar-refractivity contribution is 6.34. The molecule has 5 N–H and O–H groups in total. The van der Waals surface area contributed by atoms with Crippen LogP contribution in [0.3, 0.4) is 0 Å². The van der Waals surface area contributed by atoms with Crippen LogP contribution >= 0.6 is 11.6 Å². The molecule has 2 aromatic rings. The van der Waals surface area contributed by atoms with Crippen LogP contribution in [0.15, 0.2) is 41.4 Å². The molecule has 2 unspecified atom stereocenters. The van der Waals surface area contributed by atoms with Crippen LogP contribution in [0.5, 0.6) is 5.75 Å². The van der Waals surface area contributed by atoms with Gasteiger partial charge < -0.3 is 31.3 Å². The van der Waals surface area contributed by atoms with E-state index in [0.717, 1.165) is 69.0 Å². The molecule has 15 heteroatoms. The van der Waals surface area contributed by atoms with Gasteiger partial charge in [-0.3, -0.25) is 19.4 Å². The summed E-state index contributed by atoms with van der Waals surface area (Å²) in [4.78, 5) is 44.8. The number of carbonyl (C=O) groups excluding carboxylic acids is 3. The van der Waals surface area contributed by atoms with Gasteiger partial charge in [-0.25, -0.2) is 4.39 Å². The number of hydrogen-bond donors (Lipinski definition) is 4. The highest BCUT2D eigenvalue weighted by Gasteiger charge is 2.52. The summed E-state index contributed by atoms with van der Waals surface area (Å²) in [6, 6.07) is 4.51. The third kappa shape index (κ3) is 6.88. The number of piperidine rings is 1. The van der Waals surface area contributed by atoms with Crippen LogP contribution in [-0.4, -0.2) is 67.5 Å². The van der Waals surface area contributed by atoms with Crippen LogP contribution in [0.1, 0.15) is 35.2 Å². The van der Waals surface area contributed by atoms with E-state index >= 15 is 0 Å². The SMILES string of the molecule is NC(=O)C1(c2ccc(NC(=O)c3ccc(F)cc3Cl)c(OC(F)(F)F)c2)NC=NC1C(=O)NCCN1CCCCC1. The van der Waals surface area contributed by atoms with Gasteiger partial charge in [0.25, 0.3) is 11.8 Å². The van der Waals surface area contributed by atoms with Gasteiger partial charge in [0.2, 0.25) is 5.91 Å². The molecule has 2 atom stereocenters. The van der Waals surface area contributed by atoms with Crippen molar-refractivity contribution in [1.82, 2.24) is 15.5 Å². The van der Waals surface area contributed by atoms with E-state index in [1.807, 2.05) is 0 Å². The summed E-state index contributed by atoms with van der Waals surface area (Å²) in [6.45, 7) is 2.65. The maximum atomic E-state index is 13.4. The third-order valence-corrected chi connectivity index (χ3v) is 7.14. The summed E-state index contributed by atoms with van der Waals surface area (Å²) in [5, 5.41) is 7.32. The van der Waals surface area contributed by atoms with E-state index in [1.54, 1.807) is 0 Å². The van der Waals surface area contributed by atoms with Crippen LogP contribution in [0.25, 0.3) is 0 Å². The molecule has 2 aliphatic heterocycles. The van der Waals surface area contributed by atoms with Gasteiger partial charge in [-0.05, 0) is 61.8 Å². The normalized spacial score (nSPS) is 20.8. The van der Waals surface area contributed by atoms with Crippen molar-refractivity contribution in [2.45, 2.75) is 37.2 Å². The van der Waals surface area contributed by atoms with Gasteiger partial charge in [0.1, 0.15) is 5.82 Å². The average Bonchev–Trinajstić information content (AvgIpc) is 3.36. The maximum absolute atomic E-state index is 13.4.